The van der Waals surface area contributed by atoms with E-state index in [9.17, 15) is 4.79 Å². The third-order valence-corrected chi connectivity index (χ3v) is 4.38. The van der Waals surface area contributed by atoms with Crippen LogP contribution in [0.5, 0.6) is 0 Å². The van der Waals surface area contributed by atoms with Crippen LogP contribution in [0, 0.1) is 0 Å². The number of thioether (sulfide) groups is 1. The van der Waals surface area contributed by atoms with E-state index in [1.807, 2.05) is 24.3 Å². The molecule has 0 spiro atoms. The zero-order valence-electron chi connectivity index (χ0n) is 11.5. The molecule has 3 N–H and O–H groups in total. The van der Waals surface area contributed by atoms with E-state index in [0.29, 0.717) is 12.1 Å². The second-order valence-corrected chi connectivity index (χ2v) is 6.66. The number of carbonyl (C=O) groups is 1. The van der Waals surface area contributed by atoms with Gasteiger partial charge in [0.05, 0.1) is 0 Å². The van der Waals surface area contributed by atoms with E-state index in [1.54, 1.807) is 23.9 Å². The van der Waals surface area contributed by atoms with Crippen LogP contribution < -0.4 is 11.1 Å². The maximum Gasteiger partial charge on any atom is 0.224 e. The first kappa shape index (κ1) is 15.9. The van der Waals surface area contributed by atoms with Gasteiger partial charge in [-0.3, -0.25) is 4.79 Å². The van der Waals surface area contributed by atoms with E-state index in [0.717, 1.165) is 22.3 Å². The van der Waals surface area contributed by atoms with E-state index in [2.05, 4.69) is 33.4 Å². The van der Waals surface area contributed by atoms with Crippen molar-refractivity contribution in [1.82, 2.24) is 0 Å². The zero-order chi connectivity index (χ0) is 15.1. The molecular weight excluding hydrogens is 348 g/mol. The summed E-state index contributed by atoms with van der Waals surface area (Å²) in [5, 5.41) is 2.87. The van der Waals surface area contributed by atoms with E-state index in [1.165, 1.54) is 4.90 Å². The van der Waals surface area contributed by atoms with Crippen molar-refractivity contribution in [3.63, 3.8) is 0 Å². The lowest BCUT2D eigenvalue weighted by Gasteiger charge is -2.06. The third-order valence-electron chi connectivity index (χ3n) is 2.81. The largest absolute Gasteiger partial charge is 0.399 e. The van der Waals surface area contributed by atoms with Crippen LogP contribution in [0.25, 0.3) is 0 Å². The number of rotatable bonds is 6. The quantitative estimate of drug-likeness (QED) is 0.449. The van der Waals surface area contributed by atoms with Gasteiger partial charge in [-0.15, -0.1) is 11.8 Å². The highest BCUT2D eigenvalue weighted by Crippen LogP contribution is 2.22. The van der Waals surface area contributed by atoms with Crippen molar-refractivity contribution in [3.8, 4) is 0 Å². The van der Waals surface area contributed by atoms with E-state index in [-0.39, 0.29) is 5.91 Å². The van der Waals surface area contributed by atoms with Crippen molar-refractivity contribution in [2.24, 2.45) is 0 Å². The summed E-state index contributed by atoms with van der Waals surface area (Å²) in [5.41, 5.74) is 7.08. The first-order chi connectivity index (χ1) is 10.1. The molecule has 0 saturated heterocycles. The highest BCUT2D eigenvalue weighted by Gasteiger charge is 2.03. The highest BCUT2D eigenvalue weighted by atomic mass is 79.9. The van der Waals surface area contributed by atoms with Gasteiger partial charge in [0.15, 0.2) is 0 Å². The van der Waals surface area contributed by atoms with Crippen molar-refractivity contribution in [2.75, 3.05) is 16.8 Å². The Morgan fingerprint density at radius 1 is 1.19 bits per heavy atom. The number of nitrogens with two attached hydrogens (primary N) is 1. The van der Waals surface area contributed by atoms with Gasteiger partial charge in [-0.25, -0.2) is 0 Å². The average molecular weight is 365 g/mol. The lowest BCUT2D eigenvalue weighted by atomic mass is 10.2. The third kappa shape index (κ3) is 5.81. The fourth-order valence-corrected chi connectivity index (χ4v) is 3.23. The maximum atomic E-state index is 11.8. The molecule has 0 bridgehead atoms. The summed E-state index contributed by atoms with van der Waals surface area (Å²) in [5.74, 6) is 0.959. The maximum absolute atomic E-state index is 11.8. The van der Waals surface area contributed by atoms with Gasteiger partial charge in [-0.2, -0.15) is 0 Å². The Bertz CT molecular complexity index is 601. The smallest absolute Gasteiger partial charge is 0.224 e. The Kier molecular flexibility index (Phi) is 6.14. The molecule has 2 aromatic carbocycles. The van der Waals surface area contributed by atoms with Crippen LogP contribution in [-0.4, -0.2) is 11.7 Å². The van der Waals surface area contributed by atoms with Crippen LogP contribution >= 0.6 is 27.7 Å². The van der Waals surface area contributed by atoms with Gasteiger partial charge in [-0.05, 0) is 54.6 Å². The van der Waals surface area contributed by atoms with Crippen LogP contribution in [0.1, 0.15) is 12.8 Å². The van der Waals surface area contributed by atoms with Gasteiger partial charge < -0.3 is 11.1 Å². The van der Waals surface area contributed by atoms with Crippen LogP contribution in [0.2, 0.25) is 0 Å². The molecule has 0 aliphatic heterocycles. The minimum atomic E-state index is 0.0367. The molecular formula is C16H17BrN2OS. The van der Waals surface area contributed by atoms with Crippen LogP contribution in [0.15, 0.2) is 57.9 Å². The first-order valence-corrected chi connectivity index (χ1v) is 8.45. The molecule has 5 heteroatoms. The molecule has 2 rings (SSSR count). The molecule has 0 aromatic heterocycles. The van der Waals surface area contributed by atoms with Crippen LogP contribution in [0.3, 0.4) is 0 Å². The van der Waals surface area contributed by atoms with Gasteiger partial charge >= 0.3 is 0 Å². The molecule has 0 aliphatic rings. The highest BCUT2D eigenvalue weighted by molar-refractivity contribution is 9.10. The molecule has 0 fully saturated rings. The van der Waals surface area contributed by atoms with Crippen LogP contribution in [0.4, 0.5) is 11.4 Å². The van der Waals surface area contributed by atoms with Gasteiger partial charge in [-0.1, -0.05) is 22.0 Å². The number of nitrogens with one attached hydrogen (secondary N) is 1. The molecule has 0 aliphatic carbocycles. The predicted octanol–water partition coefficient (Wildman–Crippen LogP) is 4.54. The normalized spacial score (nSPS) is 10.3. The lowest BCUT2D eigenvalue weighted by molar-refractivity contribution is -0.116. The first-order valence-electron chi connectivity index (χ1n) is 6.67. The number of hydrogen-bond acceptors (Lipinski definition) is 3. The molecule has 110 valence electrons. The number of halogens is 1. The predicted molar refractivity (Wildman–Crippen MR) is 93.6 cm³/mol. The second kappa shape index (κ2) is 8.10. The molecule has 21 heavy (non-hydrogen) atoms. The molecule has 0 heterocycles. The topological polar surface area (TPSA) is 55.1 Å². The number of anilines is 2. The second-order valence-electron chi connectivity index (χ2n) is 4.58. The summed E-state index contributed by atoms with van der Waals surface area (Å²) in [6.45, 7) is 0. The molecule has 0 unspecified atom stereocenters. The number of nitrogen functional groups attached to an aromatic ring is 1. The summed E-state index contributed by atoms with van der Waals surface area (Å²) in [6, 6.07) is 15.3. The van der Waals surface area contributed by atoms with Crippen molar-refractivity contribution in [1.29, 1.82) is 0 Å². The summed E-state index contributed by atoms with van der Waals surface area (Å²) in [4.78, 5) is 13.0. The average Bonchev–Trinajstić information content (AvgIpc) is 2.46. The zero-order valence-corrected chi connectivity index (χ0v) is 13.9. The molecule has 2 aromatic rings. The van der Waals surface area contributed by atoms with Crippen molar-refractivity contribution in [2.45, 2.75) is 17.7 Å². The number of hydrogen-bond donors (Lipinski definition) is 2. The van der Waals surface area contributed by atoms with Gasteiger partial charge in [0, 0.05) is 27.2 Å². The van der Waals surface area contributed by atoms with Gasteiger partial charge in [0.1, 0.15) is 0 Å². The Balaban J connectivity index is 1.68. The SMILES string of the molecule is Nc1ccc(NC(=O)CCCSc2cccc(Br)c2)cc1. The van der Waals surface area contributed by atoms with Crippen molar-refractivity contribution >= 4 is 45.0 Å². The van der Waals surface area contributed by atoms with E-state index >= 15 is 0 Å². The number of carbonyl (C=O) groups excluding carboxylic acids is 1. The number of benzene rings is 2. The molecule has 0 saturated carbocycles. The molecule has 0 radical (unpaired) electrons. The van der Waals surface area contributed by atoms with Crippen molar-refractivity contribution < 1.29 is 4.79 Å². The Hall–Kier alpha value is -1.46. The van der Waals surface area contributed by atoms with E-state index in [4.69, 9.17) is 5.73 Å². The fourth-order valence-electron chi connectivity index (χ4n) is 1.77. The Labute approximate surface area is 137 Å². The van der Waals surface area contributed by atoms with E-state index < -0.39 is 0 Å². The summed E-state index contributed by atoms with van der Waals surface area (Å²) < 4.78 is 1.08. The molecule has 0 atom stereocenters. The molecule has 3 nitrogen and oxygen atoms in total. The van der Waals surface area contributed by atoms with Gasteiger partial charge in [0.25, 0.3) is 0 Å². The van der Waals surface area contributed by atoms with Gasteiger partial charge in [0.2, 0.25) is 5.91 Å². The lowest BCUT2D eigenvalue weighted by Crippen LogP contribution is -2.11. The summed E-state index contributed by atoms with van der Waals surface area (Å²) in [7, 11) is 0. The Morgan fingerprint density at radius 3 is 2.67 bits per heavy atom. The summed E-state index contributed by atoms with van der Waals surface area (Å²) >= 11 is 5.21. The minimum absolute atomic E-state index is 0.0367. The fraction of sp³-hybridized carbons (Fsp3) is 0.188. The monoisotopic (exact) mass is 364 g/mol. The van der Waals surface area contributed by atoms with Crippen LogP contribution in [-0.2, 0) is 4.79 Å². The minimum Gasteiger partial charge on any atom is -0.399 e. The van der Waals surface area contributed by atoms with Crippen molar-refractivity contribution in [3.05, 3.63) is 53.0 Å². The molecule has 1 amide bonds. The number of amides is 1. The Morgan fingerprint density at radius 2 is 1.95 bits per heavy atom. The standard InChI is InChI=1S/C16H17BrN2OS/c17-12-3-1-4-15(11-12)21-10-2-5-16(20)19-14-8-6-13(18)7-9-14/h1,3-4,6-9,11H,2,5,10,18H2,(H,19,20). The summed E-state index contributed by atoms with van der Waals surface area (Å²) in [6.07, 6.45) is 1.36.